The minimum Gasteiger partial charge on any atom is -0.487 e. The van der Waals surface area contributed by atoms with E-state index >= 15 is 0 Å². The quantitative estimate of drug-likeness (QED) is 0.919. The molecule has 2 aromatic rings. The summed E-state index contributed by atoms with van der Waals surface area (Å²) in [6.07, 6.45) is 1.40. The molecule has 1 atom stereocenters. The molecule has 2 N–H and O–H groups in total. The van der Waals surface area contributed by atoms with Crippen molar-refractivity contribution in [1.82, 2.24) is 0 Å². The lowest BCUT2D eigenvalue weighted by Gasteiger charge is -2.13. The number of ether oxygens (including phenoxy) is 2. The summed E-state index contributed by atoms with van der Waals surface area (Å²) in [5.41, 5.74) is 7.51. The van der Waals surface area contributed by atoms with E-state index in [-0.39, 0.29) is 17.7 Å². The molecule has 3 nitrogen and oxygen atoms in total. The van der Waals surface area contributed by atoms with Crippen LogP contribution in [0.3, 0.4) is 0 Å². The molecule has 0 saturated heterocycles. The van der Waals surface area contributed by atoms with Gasteiger partial charge in [-0.3, -0.25) is 0 Å². The van der Waals surface area contributed by atoms with E-state index in [9.17, 15) is 4.39 Å². The normalized spacial score (nSPS) is 16.4. The Balaban J connectivity index is 1.59. The number of fused-ring (bicyclic) bond motifs is 1. The van der Waals surface area contributed by atoms with Crippen molar-refractivity contribution in [3.8, 4) is 11.5 Å². The molecule has 0 aliphatic carbocycles. The number of benzene rings is 2. The Morgan fingerprint density at radius 1 is 1.24 bits per heavy atom. The van der Waals surface area contributed by atoms with E-state index in [1.807, 2.05) is 30.3 Å². The lowest BCUT2D eigenvalue weighted by Crippen LogP contribution is -2.22. The van der Waals surface area contributed by atoms with E-state index in [0.717, 1.165) is 17.7 Å². The van der Waals surface area contributed by atoms with Gasteiger partial charge in [0, 0.05) is 6.42 Å². The van der Waals surface area contributed by atoms with Crippen LogP contribution in [-0.2, 0) is 12.8 Å². The van der Waals surface area contributed by atoms with Crippen molar-refractivity contribution in [2.75, 3.05) is 13.2 Å². The summed E-state index contributed by atoms with van der Waals surface area (Å²) in [4.78, 5) is 0. The maximum absolute atomic E-state index is 13.9. The van der Waals surface area contributed by atoms with Crippen molar-refractivity contribution < 1.29 is 13.9 Å². The van der Waals surface area contributed by atoms with Gasteiger partial charge in [0.15, 0.2) is 11.6 Å². The molecule has 0 amide bonds. The van der Waals surface area contributed by atoms with Gasteiger partial charge in [0.2, 0.25) is 0 Å². The van der Waals surface area contributed by atoms with Crippen LogP contribution >= 0.6 is 0 Å². The molecule has 21 heavy (non-hydrogen) atoms. The smallest absolute Gasteiger partial charge is 0.165 e. The van der Waals surface area contributed by atoms with Gasteiger partial charge in [0.1, 0.15) is 18.5 Å². The second-order valence-electron chi connectivity index (χ2n) is 5.17. The molecular weight excluding hydrogens is 269 g/mol. The van der Waals surface area contributed by atoms with Crippen LogP contribution in [-0.4, -0.2) is 19.3 Å². The average molecular weight is 287 g/mol. The number of rotatable bonds is 5. The molecule has 0 saturated carbocycles. The summed E-state index contributed by atoms with van der Waals surface area (Å²) in [6.45, 7) is 0.843. The third-order valence-electron chi connectivity index (χ3n) is 3.57. The van der Waals surface area contributed by atoms with Gasteiger partial charge in [-0.05, 0) is 42.3 Å². The summed E-state index contributed by atoms with van der Waals surface area (Å²) < 4.78 is 25.2. The molecule has 0 radical (unpaired) electrons. The topological polar surface area (TPSA) is 44.5 Å². The van der Waals surface area contributed by atoms with Gasteiger partial charge in [0.05, 0.1) is 0 Å². The fourth-order valence-electron chi connectivity index (χ4n) is 2.51. The molecule has 2 aromatic carbocycles. The zero-order valence-electron chi connectivity index (χ0n) is 11.7. The first-order valence-corrected chi connectivity index (χ1v) is 7.12. The van der Waals surface area contributed by atoms with E-state index in [1.54, 1.807) is 6.07 Å². The summed E-state index contributed by atoms with van der Waals surface area (Å²) >= 11 is 0. The second-order valence-corrected chi connectivity index (χ2v) is 5.17. The van der Waals surface area contributed by atoms with Crippen LogP contribution in [0.5, 0.6) is 11.5 Å². The molecule has 0 aromatic heterocycles. The van der Waals surface area contributed by atoms with E-state index in [2.05, 4.69) is 0 Å². The fraction of sp³-hybridized carbons (Fsp3) is 0.294. The minimum absolute atomic E-state index is 0.0643. The predicted octanol–water partition coefficient (Wildman–Crippen LogP) is 2.71. The van der Waals surface area contributed by atoms with Crippen molar-refractivity contribution in [3.05, 3.63) is 59.4 Å². The van der Waals surface area contributed by atoms with Crippen LogP contribution in [0.25, 0.3) is 0 Å². The van der Waals surface area contributed by atoms with E-state index < -0.39 is 0 Å². The first-order valence-electron chi connectivity index (χ1n) is 7.12. The summed E-state index contributed by atoms with van der Waals surface area (Å²) in [5, 5.41) is 0. The number of halogens is 1. The monoisotopic (exact) mass is 287 g/mol. The van der Waals surface area contributed by atoms with E-state index in [4.69, 9.17) is 15.2 Å². The molecule has 1 unspecified atom stereocenters. The van der Waals surface area contributed by atoms with E-state index in [1.165, 1.54) is 11.6 Å². The maximum Gasteiger partial charge on any atom is 0.165 e. The highest BCUT2D eigenvalue weighted by atomic mass is 19.1. The van der Waals surface area contributed by atoms with E-state index in [0.29, 0.717) is 19.6 Å². The molecule has 1 aliphatic heterocycles. The largest absolute Gasteiger partial charge is 0.487 e. The molecule has 1 heterocycles. The summed E-state index contributed by atoms with van der Waals surface area (Å²) in [7, 11) is 0. The van der Waals surface area contributed by atoms with Crippen LogP contribution in [0.4, 0.5) is 4.39 Å². The third kappa shape index (κ3) is 3.16. The Labute approximate surface area is 123 Å². The molecule has 3 rings (SSSR count). The number of hydrogen-bond acceptors (Lipinski definition) is 3. The zero-order chi connectivity index (χ0) is 14.7. The average Bonchev–Trinajstić information content (AvgIpc) is 2.89. The Kier molecular flexibility index (Phi) is 4.06. The zero-order valence-corrected chi connectivity index (χ0v) is 11.7. The van der Waals surface area contributed by atoms with Crippen molar-refractivity contribution in [2.24, 2.45) is 5.73 Å². The molecule has 0 bridgehead atoms. The van der Waals surface area contributed by atoms with Crippen LogP contribution in [0.1, 0.15) is 11.1 Å². The van der Waals surface area contributed by atoms with Crippen molar-refractivity contribution in [3.63, 3.8) is 0 Å². The van der Waals surface area contributed by atoms with Gasteiger partial charge >= 0.3 is 0 Å². The summed E-state index contributed by atoms with van der Waals surface area (Å²) in [5.74, 6) is 0.802. The highest BCUT2D eigenvalue weighted by Gasteiger charge is 2.23. The van der Waals surface area contributed by atoms with Gasteiger partial charge in [0.25, 0.3) is 0 Å². The highest BCUT2D eigenvalue weighted by molar-refractivity contribution is 5.37. The van der Waals surface area contributed by atoms with Gasteiger partial charge in [-0.25, -0.2) is 4.39 Å². The van der Waals surface area contributed by atoms with Crippen LogP contribution in [0, 0.1) is 5.82 Å². The molecule has 4 heteroatoms. The van der Waals surface area contributed by atoms with Crippen LogP contribution in [0.2, 0.25) is 0 Å². The Hall–Kier alpha value is -2.07. The molecular formula is C17H18FNO2. The first-order chi connectivity index (χ1) is 10.3. The van der Waals surface area contributed by atoms with Crippen LogP contribution in [0.15, 0.2) is 42.5 Å². The maximum atomic E-state index is 13.9. The van der Waals surface area contributed by atoms with Gasteiger partial charge < -0.3 is 15.2 Å². The summed E-state index contributed by atoms with van der Waals surface area (Å²) in [6, 6.07) is 12.9. The molecule has 110 valence electrons. The molecule has 1 aliphatic rings. The SMILES string of the molecule is NCCc1ccc(OCC2Cc3ccccc3O2)c(F)c1. The van der Waals surface area contributed by atoms with Gasteiger partial charge in [-0.2, -0.15) is 0 Å². The minimum atomic E-state index is -0.350. The Morgan fingerprint density at radius 3 is 2.86 bits per heavy atom. The number of para-hydroxylation sites is 1. The number of nitrogens with two attached hydrogens (primary N) is 1. The highest BCUT2D eigenvalue weighted by Crippen LogP contribution is 2.28. The van der Waals surface area contributed by atoms with Crippen molar-refractivity contribution in [1.29, 1.82) is 0 Å². The molecule has 0 fully saturated rings. The van der Waals surface area contributed by atoms with Gasteiger partial charge in [-0.1, -0.05) is 24.3 Å². The Bertz CT molecular complexity index is 605. The number of hydrogen-bond donors (Lipinski definition) is 1. The van der Waals surface area contributed by atoms with Crippen molar-refractivity contribution in [2.45, 2.75) is 18.9 Å². The molecule has 0 spiro atoms. The predicted molar refractivity (Wildman–Crippen MR) is 79.2 cm³/mol. The fourth-order valence-corrected chi connectivity index (χ4v) is 2.51. The third-order valence-corrected chi connectivity index (χ3v) is 3.57. The lowest BCUT2D eigenvalue weighted by molar-refractivity contribution is 0.145. The standard InChI is InChI=1S/C17H18FNO2/c18-15-9-12(7-8-19)5-6-17(15)20-11-14-10-13-3-1-2-4-16(13)21-14/h1-6,9,14H,7-8,10-11,19H2. The van der Waals surface area contributed by atoms with Gasteiger partial charge in [-0.15, -0.1) is 0 Å². The van der Waals surface area contributed by atoms with Crippen LogP contribution < -0.4 is 15.2 Å². The lowest BCUT2D eigenvalue weighted by atomic mass is 10.1. The van der Waals surface area contributed by atoms with Crippen molar-refractivity contribution >= 4 is 0 Å². The Morgan fingerprint density at radius 2 is 2.10 bits per heavy atom. The first kappa shape index (κ1) is 13.9. The second kappa shape index (κ2) is 6.14.